The largest absolute Gasteiger partial charge is 1.00 e. The van der Waals surface area contributed by atoms with Crippen LogP contribution in [0.4, 0.5) is 0 Å². The van der Waals surface area contributed by atoms with Gasteiger partial charge in [0.1, 0.15) is 18.3 Å². The molecule has 5 aliphatic rings. The van der Waals surface area contributed by atoms with Crippen LogP contribution in [-0.2, 0) is 37.0 Å². The molecule has 1 atom stereocenters. The van der Waals surface area contributed by atoms with Crippen LogP contribution in [0.2, 0.25) is 0 Å². The van der Waals surface area contributed by atoms with Gasteiger partial charge >= 0.3 is 5.82 Å². The van der Waals surface area contributed by atoms with E-state index in [9.17, 15) is 0 Å². The number of hydrogen-bond acceptors (Lipinski definition) is 2. The van der Waals surface area contributed by atoms with Crippen molar-refractivity contribution in [3.8, 4) is 5.69 Å². The standard InChI is InChI=1S/C27H26N3O.ClH/c1-2-4-23(5-3-1)26-17-31-18-27-28-30(19-29(26)27)25-16-22-11-10-20-6-8-21(9-7-20)12-14-24(25)15-13-22;/h1-9,13,15-16,19,26H,10-12,14,17-18H2;1H/q+1;/p-1/t26-;/m0./s1. The Morgan fingerprint density at radius 3 is 2.28 bits per heavy atom. The molecule has 1 aliphatic heterocycles. The summed E-state index contributed by atoms with van der Waals surface area (Å²) in [4.78, 5) is 0. The number of aryl methyl sites for hydroxylation is 4. The normalized spacial score (nSPS) is 17.2. The van der Waals surface area contributed by atoms with Gasteiger partial charge in [0.2, 0.25) is 6.33 Å². The van der Waals surface area contributed by atoms with Crippen LogP contribution in [0.15, 0.2) is 79.1 Å². The van der Waals surface area contributed by atoms with Gasteiger partial charge in [-0.2, -0.15) is 0 Å². The molecule has 0 radical (unpaired) electrons. The van der Waals surface area contributed by atoms with Crippen LogP contribution in [0.3, 0.4) is 0 Å². The molecule has 0 amide bonds. The minimum absolute atomic E-state index is 0. The van der Waals surface area contributed by atoms with Crippen molar-refractivity contribution < 1.29 is 21.7 Å². The Morgan fingerprint density at radius 1 is 0.812 bits per heavy atom. The van der Waals surface area contributed by atoms with Gasteiger partial charge in [-0.3, -0.25) is 0 Å². The van der Waals surface area contributed by atoms with Crippen molar-refractivity contribution in [1.29, 1.82) is 0 Å². The minimum Gasteiger partial charge on any atom is -1.00 e. The third-order valence-electron chi connectivity index (χ3n) is 6.59. The first-order chi connectivity index (χ1) is 15.3. The predicted octanol–water partition coefficient (Wildman–Crippen LogP) is 1.17. The smallest absolute Gasteiger partial charge is 0.304 e. The van der Waals surface area contributed by atoms with Gasteiger partial charge in [-0.25, -0.2) is 4.57 Å². The van der Waals surface area contributed by atoms with Gasteiger partial charge in [-0.1, -0.05) is 71.4 Å². The van der Waals surface area contributed by atoms with Crippen molar-refractivity contribution >= 4 is 0 Å². The molecule has 0 unspecified atom stereocenters. The van der Waals surface area contributed by atoms with E-state index in [-0.39, 0.29) is 18.4 Å². The molecule has 4 aromatic rings. The van der Waals surface area contributed by atoms with E-state index in [1.165, 1.54) is 33.5 Å². The lowest BCUT2D eigenvalue weighted by molar-refractivity contribution is -0.734. The summed E-state index contributed by atoms with van der Waals surface area (Å²) in [6.07, 6.45) is 6.31. The Bertz CT molecular complexity index is 1220. The van der Waals surface area contributed by atoms with Gasteiger partial charge in [-0.05, 0) is 59.6 Å². The van der Waals surface area contributed by atoms with Crippen molar-refractivity contribution in [2.24, 2.45) is 0 Å². The van der Waals surface area contributed by atoms with Crippen molar-refractivity contribution in [2.45, 2.75) is 38.3 Å². The number of fused-ring (bicyclic) bond motifs is 1. The summed E-state index contributed by atoms with van der Waals surface area (Å²) in [6, 6.07) is 26.8. The zero-order valence-corrected chi connectivity index (χ0v) is 18.7. The van der Waals surface area contributed by atoms with Crippen LogP contribution < -0.4 is 17.0 Å². The van der Waals surface area contributed by atoms with Gasteiger partial charge in [0.25, 0.3) is 0 Å². The van der Waals surface area contributed by atoms with Gasteiger partial charge in [-0.15, -0.1) is 0 Å². The van der Waals surface area contributed by atoms with E-state index in [0.717, 1.165) is 31.5 Å². The van der Waals surface area contributed by atoms with Crippen LogP contribution in [0.25, 0.3) is 5.69 Å². The molecule has 0 N–H and O–H groups in total. The number of benzene rings is 3. The van der Waals surface area contributed by atoms with E-state index in [0.29, 0.717) is 13.2 Å². The van der Waals surface area contributed by atoms with E-state index in [1.807, 2.05) is 0 Å². The van der Waals surface area contributed by atoms with Gasteiger partial charge in [0, 0.05) is 5.10 Å². The topological polar surface area (TPSA) is 30.9 Å². The van der Waals surface area contributed by atoms with Gasteiger partial charge in [0.05, 0.1) is 6.61 Å². The average molecular weight is 444 g/mol. The zero-order chi connectivity index (χ0) is 20.6. The molecule has 2 heterocycles. The number of hydrogen-bond donors (Lipinski definition) is 0. The Morgan fingerprint density at radius 2 is 1.50 bits per heavy atom. The first-order valence-electron chi connectivity index (χ1n) is 11.2. The SMILES string of the molecule is [Cl-].c1ccc([C@@H]2COCc3nn(-c4cc5ccc4CCc4ccc(cc4)CC5)c[n+]32)cc1. The first-order valence-corrected chi connectivity index (χ1v) is 11.2. The lowest BCUT2D eigenvalue weighted by Gasteiger charge is -2.20. The highest BCUT2D eigenvalue weighted by atomic mass is 35.5. The Labute approximate surface area is 194 Å². The molecule has 0 spiro atoms. The molecule has 0 saturated heterocycles. The molecule has 9 rings (SSSR count). The summed E-state index contributed by atoms with van der Waals surface area (Å²) in [5.41, 5.74) is 7.95. The fourth-order valence-electron chi connectivity index (χ4n) is 4.77. The molecule has 4 bridgehead atoms. The molecular formula is C27H26ClN3O. The summed E-state index contributed by atoms with van der Waals surface area (Å²) < 4.78 is 10.3. The number of rotatable bonds is 2. The fourth-order valence-corrected chi connectivity index (χ4v) is 4.77. The average Bonchev–Trinajstić information content (AvgIpc) is 3.26. The summed E-state index contributed by atoms with van der Waals surface area (Å²) in [7, 11) is 0. The Balaban J connectivity index is 0.00000216. The number of halogens is 1. The minimum atomic E-state index is 0. The van der Waals surface area contributed by atoms with Crippen molar-refractivity contribution in [1.82, 2.24) is 9.78 Å². The Hall–Kier alpha value is -2.95. The predicted molar refractivity (Wildman–Crippen MR) is 119 cm³/mol. The molecule has 3 aromatic carbocycles. The summed E-state index contributed by atoms with van der Waals surface area (Å²) in [5, 5.41) is 4.96. The third kappa shape index (κ3) is 3.96. The highest BCUT2D eigenvalue weighted by molar-refractivity contribution is 5.44. The summed E-state index contributed by atoms with van der Waals surface area (Å²) in [5.74, 6) is 0.979. The number of nitrogens with zero attached hydrogens (tertiary/aromatic N) is 3. The second kappa shape index (κ2) is 8.89. The van der Waals surface area contributed by atoms with E-state index in [1.54, 1.807) is 0 Å². The maximum atomic E-state index is 5.91. The molecule has 4 nitrogen and oxygen atoms in total. The molecule has 4 aliphatic carbocycles. The van der Waals surface area contributed by atoms with Crippen LogP contribution >= 0.6 is 0 Å². The lowest BCUT2D eigenvalue weighted by atomic mass is 9.95. The van der Waals surface area contributed by atoms with Crippen LogP contribution in [-0.4, -0.2) is 16.4 Å². The highest BCUT2D eigenvalue weighted by Crippen LogP contribution is 2.23. The molecule has 162 valence electrons. The maximum absolute atomic E-state index is 5.91. The number of aromatic nitrogens is 3. The van der Waals surface area contributed by atoms with Crippen molar-refractivity contribution in [3.63, 3.8) is 0 Å². The van der Waals surface area contributed by atoms with Crippen LogP contribution in [0, 0.1) is 0 Å². The van der Waals surface area contributed by atoms with Crippen LogP contribution in [0.1, 0.15) is 39.7 Å². The molecule has 5 heteroatoms. The lowest BCUT2D eigenvalue weighted by Crippen LogP contribution is -3.00. The summed E-state index contributed by atoms with van der Waals surface area (Å²) >= 11 is 0. The van der Waals surface area contributed by atoms with Gasteiger partial charge < -0.3 is 17.1 Å². The second-order valence-corrected chi connectivity index (χ2v) is 8.60. The summed E-state index contributed by atoms with van der Waals surface area (Å²) in [6.45, 7) is 1.23. The van der Waals surface area contributed by atoms with Gasteiger partial charge in [0.15, 0.2) is 0 Å². The zero-order valence-electron chi connectivity index (χ0n) is 18.0. The maximum Gasteiger partial charge on any atom is 0.304 e. The van der Waals surface area contributed by atoms with E-state index < -0.39 is 0 Å². The molecule has 0 fully saturated rings. The van der Waals surface area contributed by atoms with Crippen molar-refractivity contribution in [2.75, 3.05) is 6.61 Å². The molecule has 32 heavy (non-hydrogen) atoms. The third-order valence-corrected chi connectivity index (χ3v) is 6.59. The first kappa shape index (κ1) is 20.9. The monoisotopic (exact) mass is 443 g/mol. The highest BCUT2D eigenvalue weighted by Gasteiger charge is 2.31. The molecule has 0 saturated carbocycles. The van der Waals surface area contributed by atoms with E-state index in [4.69, 9.17) is 9.84 Å². The van der Waals surface area contributed by atoms with E-state index in [2.05, 4.69) is 88.4 Å². The van der Waals surface area contributed by atoms with Crippen molar-refractivity contribution in [3.05, 3.63) is 113 Å². The number of ether oxygens (including phenoxy) is 1. The molecule has 1 aromatic heterocycles. The second-order valence-electron chi connectivity index (χ2n) is 8.60. The van der Waals surface area contributed by atoms with E-state index >= 15 is 0 Å². The van der Waals surface area contributed by atoms with Crippen LogP contribution in [0.5, 0.6) is 0 Å². The Kier molecular flexibility index (Phi) is 5.81. The quantitative estimate of drug-likeness (QED) is 0.435. The fraction of sp³-hybridized carbons (Fsp3) is 0.259. The molecular weight excluding hydrogens is 418 g/mol.